The Kier molecular flexibility index (Phi) is 6.73. The normalized spacial score (nSPS) is 11.4. The Morgan fingerprint density at radius 3 is 2.24 bits per heavy atom. The summed E-state index contributed by atoms with van der Waals surface area (Å²) in [4.78, 5) is 4.74. The first kappa shape index (κ1) is 22.9. The van der Waals surface area contributed by atoms with Gasteiger partial charge in [-0.25, -0.2) is 22.5 Å². The van der Waals surface area contributed by atoms with E-state index in [2.05, 4.69) is 4.72 Å². The van der Waals surface area contributed by atoms with Crippen molar-refractivity contribution in [2.75, 3.05) is 14.2 Å². The van der Waals surface area contributed by atoms with Crippen molar-refractivity contribution < 1.29 is 22.3 Å². The Bertz CT molecular complexity index is 1350. The SMILES string of the molecule is COc1ccc(-c2csc(-c3ccc(CNS(=O)(=O)c4ccc(F)cc4)cc3)n2)cc1OC. The molecule has 1 N–H and O–H groups in total. The molecule has 6 nitrogen and oxygen atoms in total. The van der Waals surface area contributed by atoms with Crippen molar-refractivity contribution >= 4 is 21.4 Å². The first-order valence-electron chi connectivity index (χ1n) is 9.92. The minimum absolute atomic E-state index is 0.0194. The summed E-state index contributed by atoms with van der Waals surface area (Å²) in [6.45, 7) is 0.120. The van der Waals surface area contributed by atoms with Crippen LogP contribution in [-0.4, -0.2) is 27.6 Å². The molecular formula is C24H21FN2O4S2. The molecule has 1 heterocycles. The number of nitrogens with one attached hydrogen (secondary N) is 1. The maximum Gasteiger partial charge on any atom is 0.240 e. The van der Waals surface area contributed by atoms with E-state index in [9.17, 15) is 12.8 Å². The van der Waals surface area contributed by atoms with Gasteiger partial charge in [0.1, 0.15) is 10.8 Å². The van der Waals surface area contributed by atoms with Crippen LogP contribution < -0.4 is 14.2 Å². The topological polar surface area (TPSA) is 77.5 Å². The molecule has 0 aliphatic rings. The second-order valence-electron chi connectivity index (χ2n) is 7.08. The first-order chi connectivity index (χ1) is 15.9. The Hall–Kier alpha value is -3.27. The fraction of sp³-hybridized carbons (Fsp3) is 0.125. The molecule has 0 aliphatic carbocycles. The molecule has 0 saturated heterocycles. The van der Waals surface area contributed by atoms with E-state index < -0.39 is 15.8 Å². The molecule has 0 radical (unpaired) electrons. The molecule has 0 atom stereocenters. The first-order valence-corrected chi connectivity index (χ1v) is 12.3. The molecule has 4 aromatic rings. The average molecular weight is 485 g/mol. The van der Waals surface area contributed by atoms with E-state index in [0.29, 0.717) is 11.5 Å². The van der Waals surface area contributed by atoms with E-state index in [0.717, 1.165) is 39.5 Å². The predicted octanol–water partition coefficient (Wildman–Crippen LogP) is 5.11. The quantitative estimate of drug-likeness (QED) is 0.376. The number of hydrogen-bond acceptors (Lipinski definition) is 6. The minimum atomic E-state index is -3.72. The zero-order valence-electron chi connectivity index (χ0n) is 17.9. The predicted molar refractivity (Wildman–Crippen MR) is 127 cm³/mol. The zero-order valence-corrected chi connectivity index (χ0v) is 19.5. The fourth-order valence-corrected chi connectivity index (χ4v) is 5.03. The molecule has 0 fully saturated rings. The zero-order chi connectivity index (χ0) is 23.4. The number of hydrogen-bond donors (Lipinski definition) is 1. The van der Waals surface area contributed by atoms with Gasteiger partial charge < -0.3 is 9.47 Å². The molecule has 0 saturated carbocycles. The van der Waals surface area contributed by atoms with Gasteiger partial charge in [-0.05, 0) is 48.0 Å². The molecule has 0 spiro atoms. The van der Waals surface area contributed by atoms with Gasteiger partial charge in [0.05, 0.1) is 24.8 Å². The van der Waals surface area contributed by atoms with Crippen LogP contribution in [0.15, 0.2) is 77.0 Å². The molecule has 0 unspecified atom stereocenters. The Labute approximate surface area is 195 Å². The van der Waals surface area contributed by atoms with E-state index in [1.54, 1.807) is 14.2 Å². The van der Waals surface area contributed by atoms with Crippen LogP contribution in [0.3, 0.4) is 0 Å². The number of sulfonamides is 1. The maximum absolute atomic E-state index is 13.0. The molecule has 4 rings (SSSR count). The Morgan fingerprint density at radius 1 is 0.909 bits per heavy atom. The highest BCUT2D eigenvalue weighted by Crippen LogP contribution is 2.34. The van der Waals surface area contributed by atoms with Crippen LogP contribution in [0.5, 0.6) is 11.5 Å². The van der Waals surface area contributed by atoms with E-state index in [1.165, 1.54) is 23.5 Å². The molecule has 0 amide bonds. The van der Waals surface area contributed by atoms with E-state index in [4.69, 9.17) is 14.5 Å². The van der Waals surface area contributed by atoms with Gasteiger partial charge in [-0.15, -0.1) is 11.3 Å². The maximum atomic E-state index is 13.0. The lowest BCUT2D eigenvalue weighted by Gasteiger charge is -2.08. The largest absolute Gasteiger partial charge is 0.493 e. The summed E-state index contributed by atoms with van der Waals surface area (Å²) in [5.41, 5.74) is 3.46. The van der Waals surface area contributed by atoms with Crippen LogP contribution in [0, 0.1) is 5.82 Å². The van der Waals surface area contributed by atoms with Gasteiger partial charge in [-0.2, -0.15) is 0 Å². The number of aromatic nitrogens is 1. The van der Waals surface area contributed by atoms with Gasteiger partial charge in [0.15, 0.2) is 11.5 Å². The van der Waals surface area contributed by atoms with Gasteiger partial charge in [0.2, 0.25) is 10.0 Å². The van der Waals surface area contributed by atoms with Crippen molar-refractivity contribution in [3.8, 4) is 33.3 Å². The number of benzene rings is 3. The van der Waals surface area contributed by atoms with Crippen LogP contribution in [0.4, 0.5) is 4.39 Å². The highest BCUT2D eigenvalue weighted by molar-refractivity contribution is 7.89. The van der Waals surface area contributed by atoms with Crippen molar-refractivity contribution in [3.63, 3.8) is 0 Å². The molecular weight excluding hydrogens is 463 g/mol. The standard InChI is InChI=1S/C24H21FN2O4S2/c1-30-22-12-7-18(13-23(22)31-2)21-15-32-24(27-21)17-5-3-16(4-6-17)14-26-33(28,29)20-10-8-19(25)9-11-20/h3-13,15,26H,14H2,1-2H3. The monoisotopic (exact) mass is 484 g/mol. The number of ether oxygens (including phenoxy) is 2. The van der Waals surface area contributed by atoms with Gasteiger partial charge in [-0.3, -0.25) is 0 Å². The summed E-state index contributed by atoms with van der Waals surface area (Å²) in [6.07, 6.45) is 0. The van der Waals surface area contributed by atoms with Crippen LogP contribution >= 0.6 is 11.3 Å². The lowest BCUT2D eigenvalue weighted by molar-refractivity contribution is 0.355. The van der Waals surface area contributed by atoms with Crippen molar-refractivity contribution in [1.82, 2.24) is 9.71 Å². The summed E-state index contributed by atoms with van der Waals surface area (Å²) < 4.78 is 51.0. The average Bonchev–Trinajstić information content (AvgIpc) is 3.33. The van der Waals surface area contributed by atoms with E-state index >= 15 is 0 Å². The van der Waals surface area contributed by atoms with E-state index in [-0.39, 0.29) is 11.4 Å². The summed E-state index contributed by atoms with van der Waals surface area (Å²) in [5, 5.41) is 2.82. The van der Waals surface area contributed by atoms with Crippen molar-refractivity contribution in [3.05, 3.63) is 83.5 Å². The van der Waals surface area contributed by atoms with Gasteiger partial charge in [0.25, 0.3) is 0 Å². The van der Waals surface area contributed by atoms with Gasteiger partial charge in [0, 0.05) is 23.1 Å². The number of methoxy groups -OCH3 is 2. The molecule has 3 aromatic carbocycles. The second-order valence-corrected chi connectivity index (χ2v) is 9.71. The lowest BCUT2D eigenvalue weighted by atomic mass is 10.1. The molecule has 0 aliphatic heterocycles. The highest BCUT2D eigenvalue weighted by Gasteiger charge is 2.14. The third kappa shape index (κ3) is 5.22. The third-order valence-electron chi connectivity index (χ3n) is 4.97. The molecule has 0 bridgehead atoms. The number of rotatable bonds is 8. The van der Waals surface area contributed by atoms with Crippen molar-refractivity contribution in [1.29, 1.82) is 0 Å². The summed E-state index contributed by atoms with van der Waals surface area (Å²) in [7, 11) is -0.536. The van der Waals surface area contributed by atoms with Crippen LogP contribution in [0.25, 0.3) is 21.8 Å². The Balaban J connectivity index is 1.46. The Morgan fingerprint density at radius 2 is 1.58 bits per heavy atom. The minimum Gasteiger partial charge on any atom is -0.493 e. The number of nitrogens with zero attached hydrogens (tertiary/aromatic N) is 1. The van der Waals surface area contributed by atoms with Crippen LogP contribution in [-0.2, 0) is 16.6 Å². The second kappa shape index (κ2) is 9.70. The van der Waals surface area contributed by atoms with Gasteiger partial charge in [-0.1, -0.05) is 24.3 Å². The molecule has 170 valence electrons. The fourth-order valence-electron chi connectivity index (χ4n) is 3.18. The molecule has 1 aromatic heterocycles. The third-order valence-corrected chi connectivity index (χ3v) is 7.28. The molecule has 33 heavy (non-hydrogen) atoms. The van der Waals surface area contributed by atoms with Crippen molar-refractivity contribution in [2.24, 2.45) is 0 Å². The number of thiazole rings is 1. The summed E-state index contributed by atoms with van der Waals surface area (Å²) >= 11 is 1.52. The van der Waals surface area contributed by atoms with Crippen LogP contribution in [0.2, 0.25) is 0 Å². The smallest absolute Gasteiger partial charge is 0.240 e. The summed E-state index contributed by atoms with van der Waals surface area (Å²) in [5.74, 6) is 0.806. The number of halogens is 1. The van der Waals surface area contributed by atoms with Gasteiger partial charge >= 0.3 is 0 Å². The van der Waals surface area contributed by atoms with E-state index in [1.807, 2.05) is 47.8 Å². The highest BCUT2D eigenvalue weighted by atomic mass is 32.2. The summed E-state index contributed by atoms with van der Waals surface area (Å²) in [6, 6.07) is 17.9. The molecule has 9 heteroatoms. The van der Waals surface area contributed by atoms with Crippen molar-refractivity contribution in [2.45, 2.75) is 11.4 Å². The lowest BCUT2D eigenvalue weighted by Crippen LogP contribution is -2.23. The van der Waals surface area contributed by atoms with Crippen LogP contribution in [0.1, 0.15) is 5.56 Å².